The molecule has 0 atom stereocenters. The van der Waals surface area contributed by atoms with Gasteiger partial charge in [0.1, 0.15) is 5.82 Å². The predicted molar refractivity (Wildman–Crippen MR) is 83.7 cm³/mol. The van der Waals surface area contributed by atoms with E-state index in [1.165, 1.54) is 17.2 Å². The lowest BCUT2D eigenvalue weighted by atomic mass is 10.0. The number of nitrogens with one attached hydrogen (secondary N) is 1. The molecule has 1 N–H and O–H groups in total. The highest BCUT2D eigenvalue weighted by Gasteiger charge is 2.01. The van der Waals surface area contributed by atoms with Crippen LogP contribution in [0.4, 0.5) is 10.1 Å². The quantitative estimate of drug-likeness (QED) is 0.789. The van der Waals surface area contributed by atoms with E-state index in [4.69, 9.17) is 11.6 Å². The monoisotopic (exact) mass is 291 g/mol. The maximum Gasteiger partial charge on any atom is 0.143 e. The van der Waals surface area contributed by atoms with Crippen LogP contribution in [0.1, 0.15) is 25.0 Å². The van der Waals surface area contributed by atoms with Crippen molar-refractivity contribution in [3.63, 3.8) is 0 Å². The van der Waals surface area contributed by atoms with Crippen molar-refractivity contribution in [2.45, 2.75) is 26.8 Å². The molecule has 0 spiro atoms. The van der Waals surface area contributed by atoms with E-state index >= 15 is 0 Å². The fraction of sp³-hybridized carbons (Fsp3) is 0.294. The third kappa shape index (κ3) is 4.24. The van der Waals surface area contributed by atoms with Crippen molar-refractivity contribution in [2.24, 2.45) is 5.92 Å². The van der Waals surface area contributed by atoms with Crippen LogP contribution >= 0.6 is 11.6 Å². The summed E-state index contributed by atoms with van der Waals surface area (Å²) in [5, 5.41) is 3.34. The van der Waals surface area contributed by atoms with Gasteiger partial charge < -0.3 is 5.32 Å². The summed E-state index contributed by atoms with van der Waals surface area (Å²) in [6.45, 7) is 5.10. The first kappa shape index (κ1) is 14.9. The Morgan fingerprint density at radius 1 is 1.05 bits per heavy atom. The first-order valence-corrected chi connectivity index (χ1v) is 7.19. The fourth-order valence-electron chi connectivity index (χ4n) is 2.07. The largest absolute Gasteiger partial charge is 0.381 e. The Bertz CT molecular complexity index is 564. The van der Waals surface area contributed by atoms with E-state index < -0.39 is 5.82 Å². The predicted octanol–water partition coefficient (Wildman–Crippen LogP) is 5.29. The Labute approximate surface area is 124 Å². The SMILES string of the molecule is CC(C)Cc1ccc(CNc2ccc(Cl)c(F)c2)cc1. The van der Waals surface area contributed by atoms with Crippen LogP contribution in [-0.4, -0.2) is 0 Å². The maximum absolute atomic E-state index is 13.3. The van der Waals surface area contributed by atoms with Crippen molar-refractivity contribution in [1.29, 1.82) is 0 Å². The lowest BCUT2D eigenvalue weighted by Gasteiger charge is -2.09. The lowest BCUT2D eigenvalue weighted by Crippen LogP contribution is -2.00. The Morgan fingerprint density at radius 3 is 2.30 bits per heavy atom. The normalized spacial score (nSPS) is 10.8. The van der Waals surface area contributed by atoms with Crippen molar-refractivity contribution in [3.8, 4) is 0 Å². The minimum Gasteiger partial charge on any atom is -0.381 e. The van der Waals surface area contributed by atoms with Crippen LogP contribution in [0.5, 0.6) is 0 Å². The zero-order valence-corrected chi connectivity index (χ0v) is 12.5. The molecule has 2 aromatic rings. The molecule has 0 aromatic heterocycles. The number of benzene rings is 2. The smallest absolute Gasteiger partial charge is 0.143 e. The van der Waals surface area contributed by atoms with Gasteiger partial charge in [0.25, 0.3) is 0 Å². The van der Waals surface area contributed by atoms with Crippen molar-refractivity contribution < 1.29 is 4.39 Å². The van der Waals surface area contributed by atoms with Gasteiger partial charge in [0.05, 0.1) is 5.02 Å². The van der Waals surface area contributed by atoms with E-state index in [1.54, 1.807) is 12.1 Å². The van der Waals surface area contributed by atoms with Crippen LogP contribution in [0, 0.1) is 11.7 Å². The molecule has 3 heteroatoms. The van der Waals surface area contributed by atoms with Gasteiger partial charge in [-0.15, -0.1) is 0 Å². The van der Waals surface area contributed by atoms with E-state index in [2.05, 4.69) is 43.4 Å². The Balaban J connectivity index is 1.95. The van der Waals surface area contributed by atoms with Gasteiger partial charge in [-0.25, -0.2) is 4.39 Å². The summed E-state index contributed by atoms with van der Waals surface area (Å²) in [5.41, 5.74) is 3.26. The van der Waals surface area contributed by atoms with E-state index in [9.17, 15) is 4.39 Å². The third-order valence-corrected chi connectivity index (χ3v) is 3.39. The molecule has 0 saturated carbocycles. The molecule has 0 heterocycles. The highest BCUT2D eigenvalue weighted by atomic mass is 35.5. The van der Waals surface area contributed by atoms with Crippen molar-refractivity contribution in [2.75, 3.05) is 5.32 Å². The summed E-state index contributed by atoms with van der Waals surface area (Å²) in [7, 11) is 0. The van der Waals surface area contributed by atoms with Crippen LogP contribution in [0.15, 0.2) is 42.5 Å². The van der Waals surface area contributed by atoms with Crippen molar-refractivity contribution in [1.82, 2.24) is 0 Å². The summed E-state index contributed by atoms with van der Waals surface area (Å²) in [6, 6.07) is 13.3. The van der Waals surface area contributed by atoms with Crippen LogP contribution in [0.25, 0.3) is 0 Å². The molecule has 1 nitrogen and oxygen atoms in total. The van der Waals surface area contributed by atoms with Crippen LogP contribution < -0.4 is 5.32 Å². The second kappa shape index (κ2) is 6.76. The topological polar surface area (TPSA) is 12.0 Å². The molecular weight excluding hydrogens is 273 g/mol. The average Bonchev–Trinajstić information content (AvgIpc) is 2.41. The molecule has 0 saturated heterocycles. The molecule has 2 rings (SSSR count). The van der Waals surface area contributed by atoms with E-state index in [0.717, 1.165) is 12.1 Å². The van der Waals surface area contributed by atoms with Gasteiger partial charge in [-0.3, -0.25) is 0 Å². The van der Waals surface area contributed by atoms with Gasteiger partial charge in [0, 0.05) is 12.2 Å². The molecule has 0 amide bonds. The summed E-state index contributed by atoms with van der Waals surface area (Å²) >= 11 is 5.65. The number of anilines is 1. The molecule has 20 heavy (non-hydrogen) atoms. The Morgan fingerprint density at radius 2 is 1.70 bits per heavy atom. The molecule has 0 fully saturated rings. The zero-order chi connectivity index (χ0) is 14.5. The number of rotatable bonds is 5. The molecule has 0 aliphatic rings. The van der Waals surface area contributed by atoms with Crippen LogP contribution in [0.3, 0.4) is 0 Å². The second-order valence-electron chi connectivity index (χ2n) is 5.40. The van der Waals surface area contributed by atoms with Crippen molar-refractivity contribution in [3.05, 3.63) is 64.4 Å². The summed E-state index contributed by atoms with van der Waals surface area (Å²) < 4.78 is 13.3. The minimum absolute atomic E-state index is 0.147. The fourth-order valence-corrected chi connectivity index (χ4v) is 2.19. The maximum atomic E-state index is 13.3. The standard InChI is InChI=1S/C17H19ClFN/c1-12(2)9-13-3-5-14(6-4-13)11-20-15-7-8-16(18)17(19)10-15/h3-8,10,12,20H,9,11H2,1-2H3. The summed E-state index contributed by atoms with van der Waals surface area (Å²) in [5.74, 6) is 0.264. The number of hydrogen-bond donors (Lipinski definition) is 1. The van der Waals surface area contributed by atoms with Crippen molar-refractivity contribution >= 4 is 17.3 Å². The van der Waals surface area contributed by atoms with Gasteiger partial charge in [-0.2, -0.15) is 0 Å². The molecule has 106 valence electrons. The van der Waals surface area contributed by atoms with Gasteiger partial charge >= 0.3 is 0 Å². The highest BCUT2D eigenvalue weighted by molar-refractivity contribution is 6.30. The third-order valence-electron chi connectivity index (χ3n) is 3.08. The molecule has 2 aromatic carbocycles. The highest BCUT2D eigenvalue weighted by Crippen LogP contribution is 2.19. The summed E-state index contributed by atoms with van der Waals surface area (Å²) in [4.78, 5) is 0. The molecule has 0 aliphatic carbocycles. The average molecular weight is 292 g/mol. The second-order valence-corrected chi connectivity index (χ2v) is 5.80. The van der Waals surface area contributed by atoms with E-state index in [1.807, 2.05) is 0 Å². The van der Waals surface area contributed by atoms with Gasteiger partial charge in [-0.05, 0) is 41.7 Å². The van der Waals surface area contributed by atoms with Gasteiger partial charge in [0.15, 0.2) is 0 Å². The first-order chi connectivity index (χ1) is 9.54. The molecular formula is C17H19ClFN. The van der Waals surface area contributed by atoms with E-state index in [-0.39, 0.29) is 5.02 Å². The zero-order valence-electron chi connectivity index (χ0n) is 11.8. The molecule has 0 aliphatic heterocycles. The number of hydrogen-bond acceptors (Lipinski definition) is 1. The molecule has 0 radical (unpaired) electrons. The molecule has 0 bridgehead atoms. The van der Waals surface area contributed by atoms with E-state index in [0.29, 0.717) is 12.5 Å². The summed E-state index contributed by atoms with van der Waals surface area (Å²) in [6.07, 6.45) is 1.09. The molecule has 0 unspecified atom stereocenters. The first-order valence-electron chi connectivity index (χ1n) is 6.81. The number of halogens is 2. The van der Waals surface area contributed by atoms with Gasteiger partial charge in [0.2, 0.25) is 0 Å². The van der Waals surface area contributed by atoms with Crippen LogP contribution in [0.2, 0.25) is 5.02 Å². The van der Waals surface area contributed by atoms with Gasteiger partial charge in [-0.1, -0.05) is 49.7 Å². The lowest BCUT2D eigenvalue weighted by molar-refractivity contribution is 0.628. The minimum atomic E-state index is -0.399. The Hall–Kier alpha value is -1.54. The van der Waals surface area contributed by atoms with Crippen LogP contribution in [-0.2, 0) is 13.0 Å². The Kier molecular flexibility index (Phi) is 5.02.